The van der Waals surface area contributed by atoms with Crippen molar-refractivity contribution in [1.82, 2.24) is 14.5 Å². The zero-order valence-electron chi connectivity index (χ0n) is 20.2. The number of imidazole rings is 1. The van der Waals surface area contributed by atoms with Gasteiger partial charge in [0.05, 0.1) is 11.0 Å². The first-order valence-corrected chi connectivity index (χ1v) is 12.0. The van der Waals surface area contributed by atoms with Crippen molar-refractivity contribution in [3.8, 4) is 0 Å². The molecular formula is C27H34N4O2. The summed E-state index contributed by atoms with van der Waals surface area (Å²) in [7, 11) is 0. The quantitative estimate of drug-likeness (QED) is 0.498. The van der Waals surface area contributed by atoms with Gasteiger partial charge >= 0.3 is 0 Å². The van der Waals surface area contributed by atoms with Crippen LogP contribution in [-0.2, 0) is 16.1 Å². The average Bonchev–Trinajstić information content (AvgIpc) is 3.36. The molecule has 0 spiro atoms. The molecule has 0 bridgehead atoms. The minimum atomic E-state index is -0.0524. The van der Waals surface area contributed by atoms with Crippen LogP contribution in [0.5, 0.6) is 0 Å². The van der Waals surface area contributed by atoms with Crippen molar-refractivity contribution in [1.29, 1.82) is 0 Å². The van der Waals surface area contributed by atoms with Crippen LogP contribution in [-0.4, -0.2) is 45.9 Å². The highest BCUT2D eigenvalue weighted by molar-refractivity contribution is 5.97. The fourth-order valence-corrected chi connectivity index (χ4v) is 4.83. The zero-order chi connectivity index (χ0) is 23.5. The maximum absolute atomic E-state index is 13.2. The normalized spacial score (nSPS) is 16.1. The molecule has 1 aromatic heterocycles. The van der Waals surface area contributed by atoms with Crippen molar-refractivity contribution in [3.63, 3.8) is 0 Å². The van der Waals surface area contributed by atoms with E-state index in [1.165, 1.54) is 0 Å². The molecule has 4 rings (SSSR count). The third kappa shape index (κ3) is 4.65. The lowest BCUT2D eigenvalue weighted by Crippen LogP contribution is -2.35. The van der Waals surface area contributed by atoms with Crippen molar-refractivity contribution in [3.05, 3.63) is 59.4 Å². The zero-order valence-corrected chi connectivity index (χ0v) is 20.2. The number of para-hydroxylation sites is 2. The highest BCUT2D eigenvalue weighted by Crippen LogP contribution is 2.35. The van der Waals surface area contributed by atoms with Gasteiger partial charge in [-0.3, -0.25) is 9.59 Å². The van der Waals surface area contributed by atoms with E-state index < -0.39 is 0 Å². The first-order chi connectivity index (χ1) is 15.9. The molecule has 0 radical (unpaired) electrons. The molecule has 0 saturated carbocycles. The molecule has 6 nitrogen and oxygen atoms in total. The third-order valence-corrected chi connectivity index (χ3v) is 6.46. The Kier molecular flexibility index (Phi) is 6.82. The van der Waals surface area contributed by atoms with Gasteiger partial charge in [-0.25, -0.2) is 4.98 Å². The fraction of sp³-hybridized carbons (Fsp3) is 0.444. The predicted octanol–water partition coefficient (Wildman–Crippen LogP) is 4.82. The second-order valence-corrected chi connectivity index (χ2v) is 9.12. The Balaban J connectivity index is 1.67. The molecule has 33 heavy (non-hydrogen) atoms. The second-order valence-electron chi connectivity index (χ2n) is 9.12. The summed E-state index contributed by atoms with van der Waals surface area (Å²) in [5.74, 6) is 0.998. The van der Waals surface area contributed by atoms with Crippen LogP contribution in [0, 0.1) is 13.8 Å². The number of aryl methyl sites for hydroxylation is 2. The standard InChI is InChI=1S/C27H34N4O2/c1-5-13-29(14-6-2)26(33)18-31-23-10-8-7-9-22(23)28-27(31)21-16-25(32)30(17-21)24-15-19(3)11-12-20(24)4/h7-12,15,21H,5-6,13-14,16-18H2,1-4H3. The first kappa shape index (κ1) is 23.0. The highest BCUT2D eigenvalue weighted by atomic mass is 16.2. The SMILES string of the molecule is CCCN(CCC)C(=O)Cn1c(C2CC(=O)N(c3cc(C)ccc3C)C2)nc2ccccc21. The number of benzene rings is 2. The number of carbonyl (C=O) groups excluding carboxylic acids is 2. The van der Waals surface area contributed by atoms with E-state index in [2.05, 4.69) is 32.0 Å². The Hall–Kier alpha value is -3.15. The number of carbonyl (C=O) groups is 2. The summed E-state index contributed by atoms with van der Waals surface area (Å²) in [5, 5.41) is 0. The smallest absolute Gasteiger partial charge is 0.242 e. The number of hydrogen-bond donors (Lipinski definition) is 0. The van der Waals surface area contributed by atoms with E-state index in [0.717, 1.165) is 59.6 Å². The average molecular weight is 447 g/mol. The highest BCUT2D eigenvalue weighted by Gasteiger charge is 2.35. The molecule has 6 heteroatoms. The van der Waals surface area contributed by atoms with E-state index >= 15 is 0 Å². The molecule has 1 unspecified atom stereocenters. The van der Waals surface area contributed by atoms with Gasteiger partial charge < -0.3 is 14.4 Å². The molecular weight excluding hydrogens is 412 g/mol. The van der Waals surface area contributed by atoms with Crippen LogP contribution < -0.4 is 4.90 Å². The molecule has 1 aliphatic rings. The monoisotopic (exact) mass is 446 g/mol. The minimum absolute atomic E-state index is 0.0524. The summed E-state index contributed by atoms with van der Waals surface area (Å²) in [6.45, 7) is 10.6. The summed E-state index contributed by atoms with van der Waals surface area (Å²) in [6, 6.07) is 14.2. The summed E-state index contributed by atoms with van der Waals surface area (Å²) in [5.41, 5.74) is 5.02. The number of hydrogen-bond acceptors (Lipinski definition) is 3. The van der Waals surface area contributed by atoms with E-state index in [0.29, 0.717) is 13.0 Å². The molecule has 2 amide bonds. The maximum Gasteiger partial charge on any atom is 0.242 e. The molecule has 2 aromatic carbocycles. The lowest BCUT2D eigenvalue weighted by molar-refractivity contribution is -0.131. The van der Waals surface area contributed by atoms with Crippen LogP contribution in [0.2, 0.25) is 0 Å². The van der Waals surface area contributed by atoms with Gasteiger partial charge in [0.25, 0.3) is 0 Å². The van der Waals surface area contributed by atoms with Gasteiger partial charge in [-0.05, 0) is 56.0 Å². The molecule has 1 fully saturated rings. The number of rotatable bonds is 8. The largest absolute Gasteiger partial charge is 0.341 e. The van der Waals surface area contributed by atoms with E-state index in [-0.39, 0.29) is 24.3 Å². The number of nitrogens with zero attached hydrogens (tertiary/aromatic N) is 4. The predicted molar refractivity (Wildman–Crippen MR) is 133 cm³/mol. The van der Waals surface area contributed by atoms with Crippen molar-refractivity contribution >= 4 is 28.5 Å². The molecule has 0 aliphatic carbocycles. The molecule has 1 saturated heterocycles. The van der Waals surface area contributed by atoms with Gasteiger partial charge in [0.15, 0.2) is 0 Å². The summed E-state index contributed by atoms with van der Waals surface area (Å²) >= 11 is 0. The van der Waals surface area contributed by atoms with Gasteiger partial charge in [-0.15, -0.1) is 0 Å². The molecule has 174 valence electrons. The van der Waals surface area contributed by atoms with Crippen molar-refractivity contribution in [2.75, 3.05) is 24.5 Å². The number of amides is 2. The van der Waals surface area contributed by atoms with Crippen LogP contribution in [0.15, 0.2) is 42.5 Å². The third-order valence-electron chi connectivity index (χ3n) is 6.46. The first-order valence-electron chi connectivity index (χ1n) is 12.0. The Bertz CT molecular complexity index is 1160. The Morgan fingerprint density at radius 1 is 1.09 bits per heavy atom. The summed E-state index contributed by atoms with van der Waals surface area (Å²) in [6.07, 6.45) is 2.27. The van der Waals surface area contributed by atoms with Gasteiger partial charge in [0.2, 0.25) is 11.8 Å². The van der Waals surface area contributed by atoms with Crippen molar-refractivity contribution < 1.29 is 9.59 Å². The van der Waals surface area contributed by atoms with Crippen LogP contribution >= 0.6 is 0 Å². The molecule has 1 aliphatic heterocycles. The van der Waals surface area contributed by atoms with E-state index in [9.17, 15) is 9.59 Å². The Morgan fingerprint density at radius 2 is 1.82 bits per heavy atom. The van der Waals surface area contributed by atoms with Crippen LogP contribution in [0.4, 0.5) is 5.69 Å². The lowest BCUT2D eigenvalue weighted by atomic mass is 10.1. The lowest BCUT2D eigenvalue weighted by Gasteiger charge is -2.23. The topological polar surface area (TPSA) is 58.4 Å². The van der Waals surface area contributed by atoms with Gasteiger partial charge in [-0.2, -0.15) is 0 Å². The molecule has 1 atom stereocenters. The summed E-state index contributed by atoms with van der Waals surface area (Å²) in [4.78, 5) is 35.0. The van der Waals surface area contributed by atoms with E-state index in [1.807, 2.05) is 52.5 Å². The van der Waals surface area contributed by atoms with Crippen LogP contribution in [0.3, 0.4) is 0 Å². The Labute approximate surface area is 196 Å². The number of fused-ring (bicyclic) bond motifs is 1. The van der Waals surface area contributed by atoms with Crippen molar-refractivity contribution in [2.24, 2.45) is 0 Å². The maximum atomic E-state index is 13.2. The van der Waals surface area contributed by atoms with Gasteiger partial charge in [0.1, 0.15) is 12.4 Å². The minimum Gasteiger partial charge on any atom is -0.341 e. The molecule has 3 aromatic rings. The number of aromatic nitrogens is 2. The molecule has 2 heterocycles. The van der Waals surface area contributed by atoms with Gasteiger partial charge in [0, 0.05) is 37.7 Å². The van der Waals surface area contributed by atoms with Gasteiger partial charge in [-0.1, -0.05) is 38.1 Å². The second kappa shape index (κ2) is 9.77. The van der Waals surface area contributed by atoms with Crippen LogP contribution in [0.25, 0.3) is 11.0 Å². The fourth-order valence-electron chi connectivity index (χ4n) is 4.83. The van der Waals surface area contributed by atoms with Crippen LogP contribution in [0.1, 0.15) is 56.0 Å². The van der Waals surface area contributed by atoms with E-state index in [4.69, 9.17) is 4.98 Å². The van der Waals surface area contributed by atoms with E-state index in [1.54, 1.807) is 0 Å². The molecule has 0 N–H and O–H groups in total. The number of anilines is 1. The van der Waals surface area contributed by atoms with Crippen molar-refractivity contribution in [2.45, 2.75) is 59.4 Å². The summed E-state index contributed by atoms with van der Waals surface area (Å²) < 4.78 is 2.04. The Morgan fingerprint density at radius 3 is 2.55 bits per heavy atom.